The highest BCUT2D eigenvalue weighted by Gasteiger charge is 2.41. The number of hydrogen-bond acceptors (Lipinski definition) is 8. The molecule has 3 aromatic rings. The van der Waals surface area contributed by atoms with Crippen LogP contribution in [0, 0.1) is 0 Å². The first kappa shape index (κ1) is 25.4. The van der Waals surface area contributed by atoms with E-state index < -0.39 is 18.4 Å². The molecule has 8 nitrogen and oxygen atoms in total. The molecule has 0 fully saturated rings. The van der Waals surface area contributed by atoms with Crippen molar-refractivity contribution in [2.45, 2.75) is 25.7 Å². The summed E-state index contributed by atoms with van der Waals surface area (Å²) in [6.07, 6.45) is -3.78. The first-order valence-corrected chi connectivity index (χ1v) is 12.0. The number of fused-ring (bicyclic) bond motifs is 3. The molecule has 2 aliphatic heterocycles. The number of para-hydroxylation sites is 1. The van der Waals surface area contributed by atoms with E-state index in [0.717, 1.165) is 30.0 Å². The fourth-order valence-corrected chi connectivity index (χ4v) is 4.16. The molecule has 38 heavy (non-hydrogen) atoms. The minimum atomic E-state index is -4.59. The number of hydrogen-bond donors (Lipinski definition) is 1. The van der Waals surface area contributed by atoms with Crippen LogP contribution in [0.15, 0.2) is 82.0 Å². The van der Waals surface area contributed by atoms with Crippen molar-refractivity contribution < 1.29 is 22.6 Å². The van der Waals surface area contributed by atoms with Crippen molar-refractivity contribution in [3.63, 3.8) is 0 Å². The Labute approximate surface area is 217 Å². The zero-order chi connectivity index (χ0) is 26.5. The van der Waals surface area contributed by atoms with Gasteiger partial charge in [-0.1, -0.05) is 42.5 Å². The number of aromatic nitrogens is 1. The van der Waals surface area contributed by atoms with Gasteiger partial charge in [-0.15, -0.1) is 15.3 Å². The van der Waals surface area contributed by atoms with Crippen molar-refractivity contribution in [2.75, 3.05) is 20.2 Å². The second-order valence-corrected chi connectivity index (χ2v) is 8.62. The number of pyridine rings is 1. The summed E-state index contributed by atoms with van der Waals surface area (Å²) in [4.78, 5) is 4.64. The predicted octanol–water partition coefficient (Wildman–Crippen LogP) is 4.30. The fraction of sp³-hybridized carbons (Fsp3) is 0.259. The van der Waals surface area contributed by atoms with Crippen LogP contribution in [0.2, 0.25) is 0 Å². The number of methoxy groups -OCH3 is 1. The summed E-state index contributed by atoms with van der Waals surface area (Å²) in [6.45, 7) is 0.875. The van der Waals surface area contributed by atoms with E-state index in [4.69, 9.17) is 9.47 Å². The molecule has 0 unspecified atom stereocenters. The summed E-state index contributed by atoms with van der Waals surface area (Å²) >= 11 is 0. The van der Waals surface area contributed by atoms with Gasteiger partial charge in [0.15, 0.2) is 11.5 Å². The number of nitrogens with one attached hydrogen (secondary N) is 1. The van der Waals surface area contributed by atoms with E-state index in [1.807, 2.05) is 42.5 Å². The maximum Gasteiger partial charge on any atom is 0.433 e. The Kier molecular flexibility index (Phi) is 7.36. The molecule has 0 atom stereocenters. The second kappa shape index (κ2) is 11.0. The summed E-state index contributed by atoms with van der Waals surface area (Å²) in [5.41, 5.74) is 2.85. The van der Waals surface area contributed by atoms with E-state index in [-0.39, 0.29) is 18.3 Å². The van der Waals surface area contributed by atoms with Crippen molar-refractivity contribution >= 4 is 17.4 Å². The van der Waals surface area contributed by atoms with Gasteiger partial charge >= 0.3 is 6.18 Å². The van der Waals surface area contributed by atoms with E-state index in [9.17, 15) is 13.2 Å². The van der Waals surface area contributed by atoms with Gasteiger partial charge in [0.2, 0.25) is 5.90 Å². The van der Waals surface area contributed by atoms with Crippen LogP contribution >= 0.6 is 0 Å². The Hall–Kier alpha value is -4.25. The van der Waals surface area contributed by atoms with Gasteiger partial charge < -0.3 is 14.8 Å². The maximum absolute atomic E-state index is 13.2. The van der Waals surface area contributed by atoms with Gasteiger partial charge in [-0.2, -0.15) is 13.2 Å². The molecular weight excluding hydrogens is 497 g/mol. The molecule has 1 aromatic heterocycles. The van der Waals surface area contributed by atoms with Crippen LogP contribution in [0.25, 0.3) is 0 Å². The van der Waals surface area contributed by atoms with E-state index in [1.165, 1.54) is 5.01 Å². The fourth-order valence-electron chi connectivity index (χ4n) is 4.16. The highest BCUT2D eigenvalue weighted by Crippen LogP contribution is 2.27. The largest absolute Gasteiger partial charge is 0.496 e. The Morgan fingerprint density at radius 3 is 2.50 bits per heavy atom. The Bertz CT molecular complexity index is 1400. The van der Waals surface area contributed by atoms with Crippen LogP contribution in [0.1, 0.15) is 28.1 Å². The lowest BCUT2D eigenvalue weighted by Gasteiger charge is -2.30. The van der Waals surface area contributed by atoms with Crippen LogP contribution in [0.3, 0.4) is 0 Å². The average molecular weight is 523 g/mol. The molecule has 3 heterocycles. The molecule has 2 aliphatic rings. The molecule has 2 aromatic carbocycles. The Morgan fingerprint density at radius 1 is 0.921 bits per heavy atom. The highest BCUT2D eigenvalue weighted by atomic mass is 19.4. The normalized spacial score (nSPS) is 14.6. The lowest BCUT2D eigenvalue weighted by molar-refractivity contribution is -0.0613. The summed E-state index contributed by atoms with van der Waals surface area (Å²) in [5, 5.41) is 16.0. The number of rotatable bonds is 8. The van der Waals surface area contributed by atoms with Crippen LogP contribution < -0.4 is 10.1 Å². The zero-order valence-electron chi connectivity index (χ0n) is 20.6. The number of amidine groups is 1. The van der Waals surface area contributed by atoms with Crippen molar-refractivity contribution in [1.29, 1.82) is 0 Å². The number of benzene rings is 2. The number of ether oxygens (including phenoxy) is 2. The van der Waals surface area contributed by atoms with Gasteiger partial charge in [0, 0.05) is 17.7 Å². The van der Waals surface area contributed by atoms with Crippen LogP contribution in [-0.4, -0.2) is 53.8 Å². The molecule has 0 amide bonds. The van der Waals surface area contributed by atoms with Crippen LogP contribution in [0.5, 0.6) is 5.75 Å². The maximum atomic E-state index is 13.2. The molecule has 5 rings (SSSR count). The predicted molar refractivity (Wildman–Crippen MR) is 137 cm³/mol. The molecule has 0 radical (unpaired) electrons. The number of nitrogens with zero attached hydrogens (tertiary/aromatic N) is 5. The lowest BCUT2D eigenvalue weighted by atomic mass is 10.0. The van der Waals surface area contributed by atoms with Gasteiger partial charge in [0.1, 0.15) is 12.4 Å². The summed E-state index contributed by atoms with van der Waals surface area (Å²) in [5.74, 6) is 1.31. The van der Waals surface area contributed by atoms with Crippen molar-refractivity contribution in [3.8, 4) is 5.75 Å². The summed E-state index contributed by atoms with van der Waals surface area (Å²) in [6, 6.07) is 20.7. The Morgan fingerprint density at radius 2 is 1.68 bits per heavy atom. The minimum absolute atomic E-state index is 0.1000. The average Bonchev–Trinajstić information content (AvgIpc) is 2.93. The second-order valence-electron chi connectivity index (χ2n) is 8.62. The quantitative estimate of drug-likeness (QED) is 0.446. The molecule has 0 spiro atoms. The number of hydrazone groups is 1. The van der Waals surface area contributed by atoms with E-state index >= 15 is 0 Å². The third-order valence-corrected chi connectivity index (χ3v) is 6.04. The smallest absolute Gasteiger partial charge is 0.433 e. The molecule has 196 valence electrons. The highest BCUT2D eigenvalue weighted by molar-refractivity contribution is 6.14. The van der Waals surface area contributed by atoms with Crippen molar-refractivity contribution in [2.24, 2.45) is 15.3 Å². The van der Waals surface area contributed by atoms with Gasteiger partial charge in [-0.05, 0) is 42.8 Å². The molecule has 0 aliphatic carbocycles. The third kappa shape index (κ3) is 5.67. The first-order valence-electron chi connectivity index (χ1n) is 12.0. The summed E-state index contributed by atoms with van der Waals surface area (Å²) in [7, 11) is 1.66. The topological polar surface area (TPSA) is 83.7 Å². The molecular formula is C27H25F3N6O2. The molecule has 1 N–H and O–H groups in total. The zero-order valence-corrected chi connectivity index (χ0v) is 20.6. The molecule has 0 bridgehead atoms. The monoisotopic (exact) mass is 522 g/mol. The van der Waals surface area contributed by atoms with Crippen LogP contribution in [0.4, 0.5) is 13.2 Å². The van der Waals surface area contributed by atoms with E-state index in [0.29, 0.717) is 23.4 Å². The molecule has 0 saturated carbocycles. The van der Waals surface area contributed by atoms with Crippen molar-refractivity contribution in [1.82, 2.24) is 15.3 Å². The first-order chi connectivity index (χ1) is 18.4. The number of alkyl halides is 3. The minimum Gasteiger partial charge on any atom is -0.496 e. The van der Waals surface area contributed by atoms with Crippen molar-refractivity contribution in [3.05, 3.63) is 94.8 Å². The van der Waals surface area contributed by atoms with Crippen LogP contribution in [-0.2, 0) is 24.3 Å². The molecule has 0 saturated heterocycles. The SMILES string of the molecule is COc1ccccc1CCNCc1cccc(COC2=NN3CC(C(F)(F)F)=NN=C3c3ccccc32)n1. The van der Waals surface area contributed by atoms with Gasteiger partial charge in [-0.3, -0.25) is 4.98 Å². The van der Waals surface area contributed by atoms with E-state index in [2.05, 4.69) is 25.6 Å². The van der Waals surface area contributed by atoms with E-state index in [1.54, 1.807) is 31.4 Å². The van der Waals surface area contributed by atoms with Gasteiger partial charge in [-0.25, -0.2) is 5.01 Å². The third-order valence-electron chi connectivity index (χ3n) is 6.04. The summed E-state index contributed by atoms with van der Waals surface area (Å²) < 4.78 is 51.0. The van der Waals surface area contributed by atoms with Gasteiger partial charge in [0.25, 0.3) is 0 Å². The Balaban J connectivity index is 1.23. The van der Waals surface area contributed by atoms with Gasteiger partial charge in [0.05, 0.1) is 25.0 Å². The number of halogens is 3. The molecule has 11 heteroatoms. The lowest BCUT2D eigenvalue weighted by Crippen LogP contribution is -2.44. The standard InChI is InChI=1S/C27H25F3N6O2/c1-37-23-12-5-2-7-18(23)13-14-31-15-19-8-6-9-20(32-19)17-38-26-22-11-4-3-10-21(22)25-34-33-24(27(28,29)30)16-36(25)35-26/h2-12,31H,13-17H2,1H3.